The summed E-state index contributed by atoms with van der Waals surface area (Å²) in [5.41, 5.74) is 7.36. The second kappa shape index (κ2) is 7.64. The summed E-state index contributed by atoms with van der Waals surface area (Å²) in [5.74, 6) is -0.0553. The van der Waals surface area contributed by atoms with E-state index in [1.54, 1.807) is 6.21 Å². The van der Waals surface area contributed by atoms with E-state index in [1.807, 2.05) is 31.2 Å². The molecule has 1 aromatic carbocycles. The maximum Gasteiger partial charge on any atom is 0.307 e. The standard InChI is InChI=1S/C22H25N3O3/c1-14-11-17(16(3)25(14)13-18-7-6-10-27-18)12-23-24-22(26)21-15(2)19-8-4-5-9-20(19)28-21/h4-5,8-9,11-12,18H,6-7,10,13H2,1-3H3,(H,24,26)/b23-12-/t18-/m0/s1. The Morgan fingerprint density at radius 2 is 2.14 bits per heavy atom. The molecule has 1 saturated heterocycles. The maximum absolute atomic E-state index is 12.5. The van der Waals surface area contributed by atoms with Crippen LogP contribution in [0.2, 0.25) is 0 Å². The topological polar surface area (TPSA) is 68.8 Å². The summed E-state index contributed by atoms with van der Waals surface area (Å²) in [7, 11) is 0. The highest BCUT2D eigenvalue weighted by Gasteiger charge is 2.19. The van der Waals surface area contributed by atoms with Gasteiger partial charge in [-0.1, -0.05) is 18.2 Å². The Hall–Kier alpha value is -2.86. The van der Waals surface area contributed by atoms with Gasteiger partial charge in [0.2, 0.25) is 0 Å². The summed E-state index contributed by atoms with van der Waals surface area (Å²) >= 11 is 0. The number of rotatable bonds is 5. The van der Waals surface area contributed by atoms with E-state index in [4.69, 9.17) is 9.15 Å². The largest absolute Gasteiger partial charge is 0.451 e. The number of aryl methyl sites for hydroxylation is 2. The first-order chi connectivity index (χ1) is 13.5. The van der Waals surface area contributed by atoms with Crippen molar-refractivity contribution < 1.29 is 13.9 Å². The van der Waals surface area contributed by atoms with Crippen molar-refractivity contribution in [3.8, 4) is 0 Å². The van der Waals surface area contributed by atoms with Crippen LogP contribution in [-0.4, -0.2) is 29.4 Å². The van der Waals surface area contributed by atoms with Crippen LogP contribution in [0.4, 0.5) is 0 Å². The summed E-state index contributed by atoms with van der Waals surface area (Å²) in [6, 6.07) is 9.68. The lowest BCUT2D eigenvalue weighted by Crippen LogP contribution is -2.18. The molecular weight excluding hydrogens is 354 g/mol. The molecule has 1 amide bonds. The third-order valence-electron chi connectivity index (χ3n) is 5.44. The molecule has 6 nitrogen and oxygen atoms in total. The number of aromatic nitrogens is 1. The molecule has 1 atom stereocenters. The van der Waals surface area contributed by atoms with E-state index in [1.165, 1.54) is 0 Å². The fourth-order valence-electron chi connectivity index (χ4n) is 3.83. The molecule has 28 heavy (non-hydrogen) atoms. The monoisotopic (exact) mass is 379 g/mol. The van der Waals surface area contributed by atoms with Crippen LogP contribution in [0.1, 0.15) is 45.9 Å². The van der Waals surface area contributed by atoms with E-state index in [9.17, 15) is 4.79 Å². The van der Waals surface area contributed by atoms with E-state index >= 15 is 0 Å². The highest BCUT2D eigenvalue weighted by molar-refractivity contribution is 5.99. The minimum absolute atomic E-state index is 0.283. The Bertz CT molecular complexity index is 1040. The molecule has 3 aromatic rings. The minimum Gasteiger partial charge on any atom is -0.451 e. The maximum atomic E-state index is 12.5. The van der Waals surface area contributed by atoms with Crippen molar-refractivity contribution in [1.82, 2.24) is 9.99 Å². The first kappa shape index (κ1) is 18.5. The molecule has 1 aliphatic rings. The van der Waals surface area contributed by atoms with Gasteiger partial charge >= 0.3 is 5.91 Å². The summed E-state index contributed by atoms with van der Waals surface area (Å²) in [6.45, 7) is 7.73. The third kappa shape index (κ3) is 3.47. The number of ether oxygens (including phenoxy) is 1. The molecule has 4 rings (SSSR count). The lowest BCUT2D eigenvalue weighted by Gasteiger charge is -2.14. The van der Waals surface area contributed by atoms with Crippen LogP contribution in [0.3, 0.4) is 0 Å². The number of benzene rings is 1. The minimum atomic E-state index is -0.349. The van der Waals surface area contributed by atoms with Crippen LogP contribution < -0.4 is 5.43 Å². The normalized spacial score (nSPS) is 17.0. The van der Waals surface area contributed by atoms with Crippen molar-refractivity contribution in [3.63, 3.8) is 0 Å². The second-order valence-corrected chi connectivity index (χ2v) is 7.32. The van der Waals surface area contributed by atoms with E-state index in [0.717, 1.165) is 53.9 Å². The Balaban J connectivity index is 1.47. The predicted octanol–water partition coefficient (Wildman–Crippen LogP) is 4.10. The number of nitrogens with one attached hydrogen (secondary N) is 1. The molecule has 1 aliphatic heterocycles. The fourth-order valence-corrected chi connectivity index (χ4v) is 3.83. The van der Waals surface area contributed by atoms with Crippen LogP contribution >= 0.6 is 0 Å². The molecule has 0 radical (unpaired) electrons. The first-order valence-corrected chi connectivity index (χ1v) is 9.64. The van der Waals surface area contributed by atoms with E-state index in [0.29, 0.717) is 11.3 Å². The van der Waals surface area contributed by atoms with Crippen molar-refractivity contribution in [1.29, 1.82) is 0 Å². The quantitative estimate of drug-likeness (QED) is 0.536. The van der Waals surface area contributed by atoms with Crippen LogP contribution in [0.15, 0.2) is 39.9 Å². The lowest BCUT2D eigenvalue weighted by atomic mass is 10.1. The van der Waals surface area contributed by atoms with Gasteiger partial charge in [0.05, 0.1) is 12.3 Å². The Kier molecular flexibility index (Phi) is 5.05. The van der Waals surface area contributed by atoms with E-state index < -0.39 is 0 Å². The van der Waals surface area contributed by atoms with Crippen LogP contribution in [0.25, 0.3) is 11.0 Å². The van der Waals surface area contributed by atoms with E-state index in [-0.39, 0.29) is 12.0 Å². The molecule has 0 bridgehead atoms. The highest BCUT2D eigenvalue weighted by Crippen LogP contribution is 2.24. The van der Waals surface area contributed by atoms with Crippen LogP contribution in [0, 0.1) is 20.8 Å². The third-order valence-corrected chi connectivity index (χ3v) is 5.44. The zero-order valence-electron chi connectivity index (χ0n) is 16.5. The van der Waals surface area contributed by atoms with Crippen molar-refractivity contribution in [3.05, 3.63) is 58.6 Å². The van der Waals surface area contributed by atoms with Gasteiger partial charge in [-0.25, -0.2) is 5.43 Å². The molecule has 0 spiro atoms. The molecule has 0 saturated carbocycles. The number of hydrogen-bond donors (Lipinski definition) is 1. The molecule has 6 heteroatoms. The zero-order chi connectivity index (χ0) is 19.7. The van der Waals surface area contributed by atoms with Crippen LogP contribution in [-0.2, 0) is 11.3 Å². The Morgan fingerprint density at radius 1 is 1.32 bits per heavy atom. The summed E-state index contributed by atoms with van der Waals surface area (Å²) in [6.07, 6.45) is 4.20. The smallest absolute Gasteiger partial charge is 0.307 e. The molecule has 3 heterocycles. The predicted molar refractivity (Wildman–Crippen MR) is 109 cm³/mol. The van der Waals surface area contributed by atoms with Crippen LogP contribution in [0.5, 0.6) is 0 Å². The zero-order valence-corrected chi connectivity index (χ0v) is 16.5. The average molecular weight is 379 g/mol. The highest BCUT2D eigenvalue weighted by atomic mass is 16.5. The summed E-state index contributed by atoms with van der Waals surface area (Å²) in [4.78, 5) is 12.5. The summed E-state index contributed by atoms with van der Waals surface area (Å²) in [5, 5.41) is 5.09. The SMILES string of the molecule is Cc1c(C(=O)N/N=C\c2cc(C)n(C[C@@H]3CCCO3)c2C)oc2ccccc12. The number of fused-ring (bicyclic) bond motifs is 1. The second-order valence-electron chi connectivity index (χ2n) is 7.32. The number of carbonyl (C=O) groups excluding carboxylic acids is 1. The van der Waals surface area contributed by atoms with Gasteiger partial charge in [-0.15, -0.1) is 0 Å². The number of carbonyl (C=O) groups is 1. The average Bonchev–Trinajstić information content (AvgIpc) is 3.38. The fraction of sp³-hybridized carbons (Fsp3) is 0.364. The van der Waals surface area contributed by atoms with Crippen molar-refractivity contribution in [2.45, 2.75) is 46.3 Å². The Labute approximate surface area is 164 Å². The van der Waals surface area contributed by atoms with Gasteiger partial charge in [-0.05, 0) is 45.7 Å². The molecular formula is C22H25N3O3. The molecule has 146 valence electrons. The number of amides is 1. The number of furan rings is 1. The van der Waals surface area contributed by atoms with Gasteiger partial charge < -0.3 is 13.7 Å². The van der Waals surface area contributed by atoms with Gasteiger partial charge in [0, 0.05) is 41.1 Å². The van der Waals surface area contributed by atoms with Gasteiger partial charge in [-0.2, -0.15) is 5.10 Å². The molecule has 0 aliphatic carbocycles. The summed E-state index contributed by atoms with van der Waals surface area (Å²) < 4.78 is 13.7. The number of hydrazone groups is 1. The van der Waals surface area contributed by atoms with E-state index in [2.05, 4.69) is 35.0 Å². The number of hydrogen-bond acceptors (Lipinski definition) is 4. The molecule has 1 N–H and O–H groups in total. The molecule has 0 unspecified atom stereocenters. The lowest BCUT2D eigenvalue weighted by molar-refractivity contribution is 0.0928. The number of nitrogens with zero attached hydrogens (tertiary/aromatic N) is 2. The number of para-hydroxylation sites is 1. The van der Waals surface area contributed by atoms with Gasteiger partial charge in [0.1, 0.15) is 5.58 Å². The van der Waals surface area contributed by atoms with Gasteiger partial charge in [-0.3, -0.25) is 4.79 Å². The van der Waals surface area contributed by atoms with Gasteiger partial charge in [0.25, 0.3) is 0 Å². The van der Waals surface area contributed by atoms with Crippen molar-refractivity contribution >= 4 is 23.1 Å². The van der Waals surface area contributed by atoms with Crippen molar-refractivity contribution in [2.75, 3.05) is 6.61 Å². The molecule has 2 aromatic heterocycles. The Morgan fingerprint density at radius 3 is 2.89 bits per heavy atom. The first-order valence-electron chi connectivity index (χ1n) is 9.64. The van der Waals surface area contributed by atoms with Gasteiger partial charge in [0.15, 0.2) is 5.76 Å². The van der Waals surface area contributed by atoms with Crippen molar-refractivity contribution in [2.24, 2.45) is 5.10 Å². The molecule has 1 fully saturated rings.